The highest BCUT2D eigenvalue weighted by Gasteiger charge is 2.05. The van der Waals surface area contributed by atoms with E-state index < -0.39 is 0 Å². The molecule has 0 atom stereocenters. The molecule has 0 heterocycles. The average Bonchev–Trinajstić information content (AvgIpc) is 2.56. The van der Waals surface area contributed by atoms with E-state index in [1.165, 1.54) is 0 Å². The number of para-hydroxylation sites is 1. The fourth-order valence-corrected chi connectivity index (χ4v) is 2.27. The standard InChI is InChI=1S/C18H20ClNO3/c1-13-11-15(7-8-16(13)19)23-12-18(21)20-10-9-14-5-3-4-6-17(14)22-2/h3-8,11H,9-10,12H2,1-2H3,(H,20,21). The zero-order valence-corrected chi connectivity index (χ0v) is 14.0. The van der Waals surface area contributed by atoms with Crippen molar-refractivity contribution in [2.45, 2.75) is 13.3 Å². The van der Waals surface area contributed by atoms with Gasteiger partial charge in [-0.05, 0) is 48.7 Å². The Hall–Kier alpha value is -2.20. The molecule has 0 aliphatic heterocycles. The molecule has 23 heavy (non-hydrogen) atoms. The van der Waals surface area contributed by atoms with Crippen LogP contribution in [0.4, 0.5) is 0 Å². The summed E-state index contributed by atoms with van der Waals surface area (Å²) in [5.41, 5.74) is 1.98. The summed E-state index contributed by atoms with van der Waals surface area (Å²) in [5, 5.41) is 3.51. The van der Waals surface area contributed by atoms with Gasteiger partial charge in [0.05, 0.1) is 7.11 Å². The van der Waals surface area contributed by atoms with Crippen LogP contribution < -0.4 is 14.8 Å². The van der Waals surface area contributed by atoms with E-state index in [0.29, 0.717) is 23.7 Å². The Morgan fingerprint density at radius 1 is 1.22 bits per heavy atom. The SMILES string of the molecule is COc1ccccc1CCNC(=O)COc1ccc(Cl)c(C)c1. The Balaban J connectivity index is 1.76. The lowest BCUT2D eigenvalue weighted by atomic mass is 10.1. The van der Waals surface area contributed by atoms with Gasteiger partial charge in [0.2, 0.25) is 0 Å². The molecule has 4 nitrogen and oxygen atoms in total. The second-order valence-corrected chi connectivity index (χ2v) is 5.52. The third-order valence-corrected chi connectivity index (χ3v) is 3.83. The largest absolute Gasteiger partial charge is 0.496 e. The van der Waals surface area contributed by atoms with Crippen molar-refractivity contribution in [3.8, 4) is 11.5 Å². The molecule has 0 aliphatic carbocycles. The van der Waals surface area contributed by atoms with Crippen molar-refractivity contribution in [3.63, 3.8) is 0 Å². The number of ether oxygens (including phenoxy) is 2. The molecule has 0 saturated heterocycles. The van der Waals surface area contributed by atoms with Crippen LogP contribution in [0, 0.1) is 6.92 Å². The van der Waals surface area contributed by atoms with Crippen molar-refractivity contribution >= 4 is 17.5 Å². The predicted octanol–water partition coefficient (Wildman–Crippen LogP) is 3.39. The van der Waals surface area contributed by atoms with E-state index in [1.807, 2.05) is 37.3 Å². The maximum absolute atomic E-state index is 11.8. The molecule has 2 aromatic carbocycles. The second-order valence-electron chi connectivity index (χ2n) is 5.11. The Morgan fingerprint density at radius 2 is 2.00 bits per heavy atom. The molecule has 0 unspecified atom stereocenters. The molecule has 0 saturated carbocycles. The van der Waals surface area contributed by atoms with Gasteiger partial charge in [-0.1, -0.05) is 29.8 Å². The van der Waals surface area contributed by atoms with Gasteiger partial charge in [-0.15, -0.1) is 0 Å². The maximum Gasteiger partial charge on any atom is 0.257 e. The van der Waals surface area contributed by atoms with Crippen LogP contribution in [0.1, 0.15) is 11.1 Å². The summed E-state index contributed by atoms with van der Waals surface area (Å²) < 4.78 is 10.7. The number of amides is 1. The number of benzene rings is 2. The highest BCUT2D eigenvalue weighted by atomic mass is 35.5. The fraction of sp³-hybridized carbons (Fsp3) is 0.278. The molecular weight excluding hydrogens is 314 g/mol. The molecule has 0 aliphatic rings. The van der Waals surface area contributed by atoms with Gasteiger partial charge in [0, 0.05) is 11.6 Å². The van der Waals surface area contributed by atoms with Crippen LogP contribution in [0.3, 0.4) is 0 Å². The van der Waals surface area contributed by atoms with Crippen LogP contribution in [0.15, 0.2) is 42.5 Å². The molecular formula is C18H20ClNO3. The molecule has 122 valence electrons. The van der Waals surface area contributed by atoms with E-state index in [2.05, 4.69) is 5.32 Å². The number of aryl methyl sites for hydroxylation is 1. The van der Waals surface area contributed by atoms with Gasteiger partial charge in [-0.25, -0.2) is 0 Å². The summed E-state index contributed by atoms with van der Waals surface area (Å²) in [6.07, 6.45) is 0.704. The quantitative estimate of drug-likeness (QED) is 0.844. The number of hydrogen-bond donors (Lipinski definition) is 1. The molecule has 0 fully saturated rings. The van der Waals surface area contributed by atoms with E-state index in [-0.39, 0.29) is 12.5 Å². The Kier molecular flexibility index (Phi) is 6.29. The molecule has 1 amide bonds. The van der Waals surface area contributed by atoms with Gasteiger partial charge in [0.1, 0.15) is 11.5 Å². The van der Waals surface area contributed by atoms with Crippen LogP contribution >= 0.6 is 11.6 Å². The van der Waals surface area contributed by atoms with Crippen LogP contribution in [0.2, 0.25) is 5.02 Å². The van der Waals surface area contributed by atoms with Crippen LogP contribution in [-0.2, 0) is 11.2 Å². The first-order valence-electron chi connectivity index (χ1n) is 7.37. The molecule has 2 rings (SSSR count). The van der Waals surface area contributed by atoms with Gasteiger partial charge >= 0.3 is 0 Å². The lowest BCUT2D eigenvalue weighted by Crippen LogP contribution is -2.30. The third kappa shape index (κ3) is 5.18. The highest BCUT2D eigenvalue weighted by molar-refractivity contribution is 6.31. The van der Waals surface area contributed by atoms with E-state index in [0.717, 1.165) is 16.9 Å². The number of nitrogens with one attached hydrogen (secondary N) is 1. The van der Waals surface area contributed by atoms with E-state index >= 15 is 0 Å². The number of carbonyl (C=O) groups is 1. The number of carbonyl (C=O) groups excluding carboxylic acids is 1. The first-order valence-corrected chi connectivity index (χ1v) is 7.75. The first-order chi connectivity index (χ1) is 11.1. The van der Waals surface area contributed by atoms with Crippen molar-refractivity contribution in [1.29, 1.82) is 0 Å². The molecule has 2 aromatic rings. The van der Waals surface area contributed by atoms with Crippen molar-refractivity contribution < 1.29 is 14.3 Å². The summed E-state index contributed by atoms with van der Waals surface area (Å²) in [4.78, 5) is 11.8. The van der Waals surface area contributed by atoms with Gasteiger partial charge in [0.15, 0.2) is 6.61 Å². The van der Waals surface area contributed by atoms with Crippen LogP contribution in [0.25, 0.3) is 0 Å². The van der Waals surface area contributed by atoms with E-state index in [1.54, 1.807) is 19.2 Å². The van der Waals surface area contributed by atoms with Crippen molar-refractivity contribution in [2.75, 3.05) is 20.3 Å². The average molecular weight is 334 g/mol. The monoisotopic (exact) mass is 333 g/mol. The molecule has 1 N–H and O–H groups in total. The summed E-state index contributed by atoms with van der Waals surface area (Å²) in [7, 11) is 1.64. The number of hydrogen-bond acceptors (Lipinski definition) is 3. The van der Waals surface area contributed by atoms with Crippen molar-refractivity contribution in [3.05, 3.63) is 58.6 Å². The Labute approximate surface area is 141 Å². The maximum atomic E-state index is 11.8. The fourth-order valence-electron chi connectivity index (χ4n) is 2.15. The predicted molar refractivity (Wildman–Crippen MR) is 91.4 cm³/mol. The normalized spacial score (nSPS) is 10.2. The highest BCUT2D eigenvalue weighted by Crippen LogP contribution is 2.21. The minimum atomic E-state index is -0.160. The zero-order chi connectivity index (χ0) is 16.7. The van der Waals surface area contributed by atoms with Gasteiger partial charge < -0.3 is 14.8 Å². The van der Waals surface area contributed by atoms with Crippen molar-refractivity contribution in [1.82, 2.24) is 5.32 Å². The van der Waals surface area contributed by atoms with Crippen LogP contribution in [-0.4, -0.2) is 26.2 Å². The van der Waals surface area contributed by atoms with E-state index in [9.17, 15) is 4.79 Å². The molecule has 0 spiro atoms. The molecule has 5 heteroatoms. The third-order valence-electron chi connectivity index (χ3n) is 3.41. The summed E-state index contributed by atoms with van der Waals surface area (Å²) in [6.45, 7) is 2.40. The topological polar surface area (TPSA) is 47.6 Å². The minimum Gasteiger partial charge on any atom is -0.496 e. The zero-order valence-electron chi connectivity index (χ0n) is 13.3. The molecule has 0 radical (unpaired) electrons. The Bertz CT molecular complexity index is 673. The summed E-state index contributed by atoms with van der Waals surface area (Å²) in [5.74, 6) is 1.30. The molecule has 0 bridgehead atoms. The Morgan fingerprint density at radius 3 is 2.74 bits per heavy atom. The minimum absolute atomic E-state index is 0.0208. The number of methoxy groups -OCH3 is 1. The lowest BCUT2D eigenvalue weighted by Gasteiger charge is -2.10. The summed E-state index contributed by atoms with van der Waals surface area (Å²) >= 11 is 5.95. The second kappa shape index (κ2) is 8.44. The number of rotatable bonds is 7. The van der Waals surface area contributed by atoms with Crippen LogP contribution in [0.5, 0.6) is 11.5 Å². The smallest absolute Gasteiger partial charge is 0.257 e. The van der Waals surface area contributed by atoms with Crippen molar-refractivity contribution in [2.24, 2.45) is 0 Å². The summed E-state index contributed by atoms with van der Waals surface area (Å²) in [6, 6.07) is 13.1. The first kappa shape index (κ1) is 17.2. The van der Waals surface area contributed by atoms with Gasteiger partial charge in [0.25, 0.3) is 5.91 Å². The van der Waals surface area contributed by atoms with Gasteiger partial charge in [-0.2, -0.15) is 0 Å². The lowest BCUT2D eigenvalue weighted by molar-refractivity contribution is -0.123. The van der Waals surface area contributed by atoms with E-state index in [4.69, 9.17) is 21.1 Å². The molecule has 0 aromatic heterocycles. The van der Waals surface area contributed by atoms with Gasteiger partial charge in [-0.3, -0.25) is 4.79 Å². The number of halogens is 1.